The largest absolute Gasteiger partial charge is 0.491 e. The SMILES string of the molecule is CC(C)Oc1ccc(Nc2nncc(Nc3ccc(N(C)C)cc3)n2)cc1. The maximum Gasteiger partial charge on any atom is 0.249 e. The van der Waals surface area contributed by atoms with Crippen molar-refractivity contribution in [2.45, 2.75) is 20.0 Å². The molecule has 0 unspecified atom stereocenters. The predicted octanol–water partition coefficient (Wildman–Crippen LogP) is 4.21. The van der Waals surface area contributed by atoms with Gasteiger partial charge in [-0.05, 0) is 62.4 Å². The van der Waals surface area contributed by atoms with Crippen LogP contribution in [0.15, 0.2) is 54.7 Å². The van der Waals surface area contributed by atoms with Crippen LogP contribution in [-0.2, 0) is 0 Å². The fraction of sp³-hybridized carbons (Fsp3) is 0.250. The van der Waals surface area contributed by atoms with Crippen LogP contribution in [0, 0.1) is 0 Å². The van der Waals surface area contributed by atoms with Gasteiger partial charge in [-0.1, -0.05) is 0 Å². The van der Waals surface area contributed by atoms with Crippen LogP contribution in [0.3, 0.4) is 0 Å². The fourth-order valence-electron chi connectivity index (χ4n) is 2.43. The highest BCUT2D eigenvalue weighted by Crippen LogP contribution is 2.21. The molecule has 0 radical (unpaired) electrons. The van der Waals surface area contributed by atoms with Crippen molar-refractivity contribution in [3.05, 3.63) is 54.7 Å². The highest BCUT2D eigenvalue weighted by atomic mass is 16.5. The van der Waals surface area contributed by atoms with Crippen molar-refractivity contribution in [2.24, 2.45) is 0 Å². The van der Waals surface area contributed by atoms with Crippen LogP contribution in [0.25, 0.3) is 0 Å². The first-order valence-electron chi connectivity index (χ1n) is 8.77. The summed E-state index contributed by atoms with van der Waals surface area (Å²) in [6.45, 7) is 4.00. The molecular formula is C20H24N6O. The van der Waals surface area contributed by atoms with E-state index in [9.17, 15) is 0 Å². The molecule has 1 heterocycles. The van der Waals surface area contributed by atoms with Crippen molar-refractivity contribution < 1.29 is 4.74 Å². The Hall–Kier alpha value is -3.35. The average Bonchev–Trinajstić information content (AvgIpc) is 2.64. The first-order chi connectivity index (χ1) is 13.0. The zero-order chi connectivity index (χ0) is 19.2. The molecule has 0 aliphatic carbocycles. The lowest BCUT2D eigenvalue weighted by atomic mass is 10.2. The lowest BCUT2D eigenvalue weighted by molar-refractivity contribution is 0.242. The van der Waals surface area contributed by atoms with Crippen LogP contribution >= 0.6 is 0 Å². The lowest BCUT2D eigenvalue weighted by Gasteiger charge is -2.13. The highest BCUT2D eigenvalue weighted by Gasteiger charge is 2.04. The fourth-order valence-corrected chi connectivity index (χ4v) is 2.43. The Morgan fingerprint density at radius 3 is 2.15 bits per heavy atom. The van der Waals surface area contributed by atoms with Crippen LogP contribution < -0.4 is 20.3 Å². The van der Waals surface area contributed by atoms with E-state index in [0.29, 0.717) is 11.8 Å². The van der Waals surface area contributed by atoms with Gasteiger partial charge in [-0.25, -0.2) is 0 Å². The van der Waals surface area contributed by atoms with E-state index in [4.69, 9.17) is 4.74 Å². The molecule has 7 heteroatoms. The van der Waals surface area contributed by atoms with E-state index in [-0.39, 0.29) is 6.10 Å². The van der Waals surface area contributed by atoms with E-state index in [2.05, 4.69) is 30.7 Å². The molecule has 2 N–H and O–H groups in total. The number of hydrogen-bond donors (Lipinski definition) is 2. The third kappa shape index (κ3) is 5.31. The summed E-state index contributed by atoms with van der Waals surface area (Å²) in [5, 5.41) is 14.4. The number of hydrogen-bond acceptors (Lipinski definition) is 7. The van der Waals surface area contributed by atoms with Gasteiger partial charge in [0.1, 0.15) is 5.75 Å². The van der Waals surface area contributed by atoms with E-state index < -0.39 is 0 Å². The molecule has 7 nitrogen and oxygen atoms in total. The normalized spacial score (nSPS) is 10.6. The maximum atomic E-state index is 5.64. The Morgan fingerprint density at radius 2 is 1.52 bits per heavy atom. The Kier molecular flexibility index (Phi) is 5.71. The van der Waals surface area contributed by atoms with Gasteiger partial charge in [-0.15, -0.1) is 5.10 Å². The number of ether oxygens (including phenoxy) is 1. The van der Waals surface area contributed by atoms with E-state index >= 15 is 0 Å². The third-order valence-corrected chi connectivity index (χ3v) is 3.70. The summed E-state index contributed by atoms with van der Waals surface area (Å²) < 4.78 is 5.64. The van der Waals surface area contributed by atoms with E-state index in [0.717, 1.165) is 22.8 Å². The number of aromatic nitrogens is 3. The summed E-state index contributed by atoms with van der Waals surface area (Å²) in [6.07, 6.45) is 1.73. The summed E-state index contributed by atoms with van der Waals surface area (Å²) >= 11 is 0. The minimum absolute atomic E-state index is 0.144. The van der Waals surface area contributed by atoms with Crippen LogP contribution in [0.5, 0.6) is 5.75 Å². The van der Waals surface area contributed by atoms with Crippen molar-refractivity contribution in [3.8, 4) is 5.75 Å². The van der Waals surface area contributed by atoms with Gasteiger partial charge in [-0.3, -0.25) is 0 Å². The molecule has 0 amide bonds. The second-order valence-electron chi connectivity index (χ2n) is 6.55. The Morgan fingerprint density at radius 1 is 0.889 bits per heavy atom. The molecule has 0 bridgehead atoms. The monoisotopic (exact) mass is 364 g/mol. The van der Waals surface area contributed by atoms with Crippen molar-refractivity contribution in [1.82, 2.24) is 15.2 Å². The van der Waals surface area contributed by atoms with Crippen molar-refractivity contribution in [2.75, 3.05) is 29.6 Å². The van der Waals surface area contributed by atoms with Crippen molar-refractivity contribution in [1.29, 1.82) is 0 Å². The van der Waals surface area contributed by atoms with Crippen LogP contribution in [0.2, 0.25) is 0 Å². The van der Waals surface area contributed by atoms with Gasteiger partial charge in [0.05, 0.1) is 12.3 Å². The van der Waals surface area contributed by atoms with Gasteiger partial charge < -0.3 is 20.3 Å². The molecule has 0 spiro atoms. The quantitative estimate of drug-likeness (QED) is 0.650. The summed E-state index contributed by atoms with van der Waals surface area (Å²) in [4.78, 5) is 6.51. The Balaban J connectivity index is 1.66. The summed E-state index contributed by atoms with van der Waals surface area (Å²) in [5.74, 6) is 1.86. The van der Waals surface area contributed by atoms with Crippen molar-refractivity contribution >= 4 is 28.8 Å². The molecule has 0 saturated carbocycles. The number of nitrogens with zero attached hydrogens (tertiary/aromatic N) is 4. The molecule has 2 aromatic carbocycles. The van der Waals surface area contributed by atoms with Crippen LogP contribution in [-0.4, -0.2) is 35.4 Å². The second kappa shape index (κ2) is 8.35. The molecular weight excluding hydrogens is 340 g/mol. The molecule has 3 rings (SSSR count). The molecule has 1 aromatic heterocycles. The number of benzene rings is 2. The van der Waals surface area contributed by atoms with Crippen LogP contribution in [0.4, 0.5) is 28.8 Å². The first kappa shape index (κ1) is 18.4. The first-order valence-corrected chi connectivity index (χ1v) is 8.77. The summed E-state index contributed by atoms with van der Waals surface area (Å²) in [5.41, 5.74) is 2.93. The molecule has 0 fully saturated rings. The minimum atomic E-state index is 0.144. The van der Waals surface area contributed by atoms with E-state index in [1.54, 1.807) is 6.20 Å². The maximum absolute atomic E-state index is 5.64. The van der Waals surface area contributed by atoms with E-state index in [1.807, 2.05) is 76.5 Å². The van der Waals surface area contributed by atoms with Gasteiger partial charge in [0.2, 0.25) is 5.95 Å². The molecule has 0 aliphatic rings. The molecule has 140 valence electrons. The number of rotatable bonds is 7. The smallest absolute Gasteiger partial charge is 0.249 e. The third-order valence-electron chi connectivity index (χ3n) is 3.70. The van der Waals surface area contributed by atoms with Gasteiger partial charge in [-0.2, -0.15) is 10.1 Å². The van der Waals surface area contributed by atoms with E-state index in [1.165, 1.54) is 0 Å². The predicted molar refractivity (Wildman–Crippen MR) is 109 cm³/mol. The molecule has 0 saturated heterocycles. The molecule has 0 atom stereocenters. The molecule has 0 aliphatic heterocycles. The highest BCUT2D eigenvalue weighted by molar-refractivity contribution is 5.61. The lowest BCUT2D eigenvalue weighted by Crippen LogP contribution is -2.08. The second-order valence-corrected chi connectivity index (χ2v) is 6.55. The minimum Gasteiger partial charge on any atom is -0.491 e. The molecule has 27 heavy (non-hydrogen) atoms. The molecule has 3 aromatic rings. The van der Waals surface area contributed by atoms with Gasteiger partial charge in [0.15, 0.2) is 5.82 Å². The summed E-state index contributed by atoms with van der Waals surface area (Å²) in [7, 11) is 4.02. The number of anilines is 5. The number of nitrogens with one attached hydrogen (secondary N) is 2. The van der Waals surface area contributed by atoms with Gasteiger partial charge in [0.25, 0.3) is 0 Å². The Bertz CT molecular complexity index is 862. The van der Waals surface area contributed by atoms with Crippen LogP contribution in [0.1, 0.15) is 13.8 Å². The van der Waals surface area contributed by atoms with Gasteiger partial charge in [0, 0.05) is 31.2 Å². The zero-order valence-corrected chi connectivity index (χ0v) is 16.0. The Labute approximate surface area is 159 Å². The summed E-state index contributed by atoms with van der Waals surface area (Å²) in [6, 6.07) is 15.7. The standard InChI is InChI=1S/C20H24N6O/c1-14(2)27-18-11-7-16(8-12-18)23-20-24-19(13-21-25-20)22-15-5-9-17(10-6-15)26(3)4/h5-14H,1-4H3,(H2,22,23,24,25). The topological polar surface area (TPSA) is 75.2 Å². The van der Waals surface area contributed by atoms with Crippen molar-refractivity contribution in [3.63, 3.8) is 0 Å². The zero-order valence-electron chi connectivity index (χ0n) is 16.0. The van der Waals surface area contributed by atoms with Gasteiger partial charge >= 0.3 is 0 Å². The average molecular weight is 364 g/mol.